The largest absolute Gasteiger partial charge is 0.496 e. The van der Waals surface area contributed by atoms with Gasteiger partial charge in [0.1, 0.15) is 5.75 Å². The van der Waals surface area contributed by atoms with E-state index in [0.717, 1.165) is 38.5 Å². The third-order valence-corrected chi connectivity index (χ3v) is 6.69. The molecule has 1 fully saturated rings. The summed E-state index contributed by atoms with van der Waals surface area (Å²) < 4.78 is 32.9. The minimum absolute atomic E-state index is 0.160. The number of hydrogen-bond acceptors (Lipinski definition) is 4. The SMILES string of the molecule is CCCCN(C)C(=O)c1cc(S(=O)(=O)N2CCCCCC2)ccc1OC. The van der Waals surface area contributed by atoms with Gasteiger partial charge in [0.15, 0.2) is 0 Å². The van der Waals surface area contributed by atoms with E-state index in [-0.39, 0.29) is 10.8 Å². The number of hydrogen-bond donors (Lipinski definition) is 0. The number of rotatable bonds is 7. The topological polar surface area (TPSA) is 66.9 Å². The summed E-state index contributed by atoms with van der Waals surface area (Å²) in [5, 5.41) is 0. The van der Waals surface area contributed by atoms with Gasteiger partial charge in [-0.3, -0.25) is 4.79 Å². The van der Waals surface area contributed by atoms with E-state index in [1.54, 1.807) is 18.0 Å². The monoisotopic (exact) mass is 382 g/mol. The molecule has 0 atom stereocenters. The third-order valence-electron chi connectivity index (χ3n) is 4.80. The smallest absolute Gasteiger partial charge is 0.257 e. The molecule has 1 aliphatic heterocycles. The van der Waals surface area contributed by atoms with Crippen molar-refractivity contribution in [3.8, 4) is 5.75 Å². The summed E-state index contributed by atoms with van der Waals surface area (Å²) in [5.74, 6) is 0.177. The Kier molecular flexibility index (Phi) is 7.46. The van der Waals surface area contributed by atoms with Gasteiger partial charge in [-0.05, 0) is 37.5 Å². The first-order valence-electron chi connectivity index (χ1n) is 9.35. The van der Waals surface area contributed by atoms with Gasteiger partial charge in [0, 0.05) is 26.7 Å². The fourth-order valence-corrected chi connectivity index (χ4v) is 4.69. The van der Waals surface area contributed by atoms with Crippen molar-refractivity contribution in [2.45, 2.75) is 50.3 Å². The molecular formula is C19H30N2O4S. The molecule has 0 aliphatic carbocycles. The highest BCUT2D eigenvalue weighted by atomic mass is 32.2. The lowest BCUT2D eigenvalue weighted by atomic mass is 10.1. The molecule has 0 aromatic heterocycles. The van der Waals surface area contributed by atoms with Crippen LogP contribution in [0, 0.1) is 0 Å². The van der Waals surface area contributed by atoms with Crippen LogP contribution in [-0.2, 0) is 10.0 Å². The predicted molar refractivity (Wildman–Crippen MR) is 102 cm³/mol. The molecule has 1 aromatic carbocycles. The van der Waals surface area contributed by atoms with Gasteiger partial charge >= 0.3 is 0 Å². The summed E-state index contributed by atoms with van der Waals surface area (Å²) in [6.07, 6.45) is 5.75. The second-order valence-corrected chi connectivity index (χ2v) is 8.70. The molecule has 6 nitrogen and oxygen atoms in total. The number of carbonyl (C=O) groups is 1. The lowest BCUT2D eigenvalue weighted by molar-refractivity contribution is 0.0789. The minimum Gasteiger partial charge on any atom is -0.496 e. The molecule has 7 heteroatoms. The Balaban J connectivity index is 2.34. The van der Waals surface area contributed by atoms with Gasteiger partial charge in [0.05, 0.1) is 17.6 Å². The van der Waals surface area contributed by atoms with Gasteiger partial charge in [-0.25, -0.2) is 8.42 Å². The zero-order valence-electron chi connectivity index (χ0n) is 16.0. The van der Waals surface area contributed by atoms with Crippen molar-refractivity contribution in [2.24, 2.45) is 0 Å². The molecule has 2 rings (SSSR count). The number of methoxy groups -OCH3 is 1. The van der Waals surface area contributed by atoms with E-state index < -0.39 is 10.0 Å². The van der Waals surface area contributed by atoms with Crippen LogP contribution in [0.5, 0.6) is 5.75 Å². The van der Waals surface area contributed by atoms with Crippen molar-refractivity contribution in [3.05, 3.63) is 23.8 Å². The fourth-order valence-electron chi connectivity index (χ4n) is 3.15. The first kappa shape index (κ1) is 20.7. The molecule has 0 bridgehead atoms. The summed E-state index contributed by atoms with van der Waals surface area (Å²) in [5.41, 5.74) is 0.294. The van der Waals surface area contributed by atoms with Gasteiger partial charge in [-0.2, -0.15) is 4.31 Å². The average Bonchev–Trinajstić information content (AvgIpc) is 2.94. The molecule has 1 amide bonds. The van der Waals surface area contributed by atoms with Crippen LogP contribution in [-0.4, -0.2) is 57.3 Å². The Morgan fingerprint density at radius 2 is 1.85 bits per heavy atom. The number of sulfonamides is 1. The number of nitrogens with zero attached hydrogens (tertiary/aromatic N) is 2. The van der Waals surface area contributed by atoms with E-state index in [1.807, 2.05) is 0 Å². The zero-order valence-corrected chi connectivity index (χ0v) is 16.8. The van der Waals surface area contributed by atoms with Gasteiger partial charge < -0.3 is 9.64 Å². The van der Waals surface area contributed by atoms with Crippen LogP contribution in [0.3, 0.4) is 0 Å². The summed E-state index contributed by atoms with van der Waals surface area (Å²) >= 11 is 0. The molecular weight excluding hydrogens is 352 g/mol. The number of ether oxygens (including phenoxy) is 1. The van der Waals surface area contributed by atoms with Crippen LogP contribution >= 0.6 is 0 Å². The van der Waals surface area contributed by atoms with Crippen molar-refractivity contribution in [2.75, 3.05) is 33.8 Å². The first-order valence-corrected chi connectivity index (χ1v) is 10.8. The third kappa shape index (κ3) is 4.76. The average molecular weight is 383 g/mol. The Labute approximate surface area is 157 Å². The number of unbranched alkanes of at least 4 members (excludes halogenated alkanes) is 1. The van der Waals surface area contributed by atoms with E-state index in [9.17, 15) is 13.2 Å². The van der Waals surface area contributed by atoms with Gasteiger partial charge in [-0.1, -0.05) is 26.2 Å². The van der Waals surface area contributed by atoms with Crippen LogP contribution in [0.4, 0.5) is 0 Å². The van der Waals surface area contributed by atoms with E-state index in [2.05, 4.69) is 6.92 Å². The number of benzene rings is 1. The Hall–Kier alpha value is -1.60. The Bertz CT molecular complexity index is 710. The molecule has 0 N–H and O–H groups in total. The molecule has 26 heavy (non-hydrogen) atoms. The maximum absolute atomic E-state index is 13.0. The maximum Gasteiger partial charge on any atom is 0.257 e. The van der Waals surface area contributed by atoms with Crippen LogP contribution in [0.25, 0.3) is 0 Å². The van der Waals surface area contributed by atoms with Crippen molar-refractivity contribution < 1.29 is 17.9 Å². The van der Waals surface area contributed by atoms with Gasteiger partial charge in [-0.15, -0.1) is 0 Å². The molecule has 1 aliphatic rings. The number of carbonyl (C=O) groups excluding carboxylic acids is 1. The standard InChI is InChI=1S/C19H30N2O4S/c1-4-5-12-20(2)19(22)17-15-16(10-11-18(17)25-3)26(23,24)21-13-8-6-7-9-14-21/h10-11,15H,4-9,12-14H2,1-3H3. The van der Waals surface area contributed by atoms with Crippen LogP contribution in [0.2, 0.25) is 0 Å². The molecule has 1 aromatic rings. The van der Waals surface area contributed by atoms with E-state index in [1.165, 1.54) is 23.5 Å². The summed E-state index contributed by atoms with van der Waals surface area (Å²) in [7, 11) is -0.385. The van der Waals surface area contributed by atoms with E-state index >= 15 is 0 Å². The van der Waals surface area contributed by atoms with Crippen molar-refractivity contribution in [1.82, 2.24) is 9.21 Å². The van der Waals surface area contributed by atoms with Crippen molar-refractivity contribution >= 4 is 15.9 Å². The zero-order chi connectivity index (χ0) is 19.2. The molecule has 0 unspecified atom stereocenters. The Morgan fingerprint density at radius 3 is 2.42 bits per heavy atom. The maximum atomic E-state index is 13.0. The highest BCUT2D eigenvalue weighted by Crippen LogP contribution is 2.27. The molecule has 1 heterocycles. The van der Waals surface area contributed by atoms with E-state index in [4.69, 9.17) is 4.74 Å². The second-order valence-electron chi connectivity index (χ2n) is 6.76. The normalized spacial score (nSPS) is 16.1. The van der Waals surface area contributed by atoms with Gasteiger partial charge in [0.2, 0.25) is 10.0 Å². The highest BCUT2D eigenvalue weighted by Gasteiger charge is 2.27. The van der Waals surface area contributed by atoms with Crippen LogP contribution < -0.4 is 4.74 Å². The van der Waals surface area contributed by atoms with Crippen molar-refractivity contribution in [3.63, 3.8) is 0 Å². The fraction of sp³-hybridized carbons (Fsp3) is 0.632. The molecule has 0 radical (unpaired) electrons. The number of amides is 1. The summed E-state index contributed by atoms with van der Waals surface area (Å²) in [6.45, 7) is 3.76. The second kappa shape index (κ2) is 9.37. The van der Waals surface area contributed by atoms with E-state index in [0.29, 0.717) is 30.9 Å². The van der Waals surface area contributed by atoms with Crippen LogP contribution in [0.15, 0.2) is 23.1 Å². The molecule has 0 spiro atoms. The molecule has 0 saturated carbocycles. The summed E-state index contributed by atoms with van der Waals surface area (Å²) in [6, 6.07) is 4.57. The lowest BCUT2D eigenvalue weighted by Crippen LogP contribution is -2.32. The lowest BCUT2D eigenvalue weighted by Gasteiger charge is -2.22. The van der Waals surface area contributed by atoms with Gasteiger partial charge in [0.25, 0.3) is 5.91 Å². The summed E-state index contributed by atoms with van der Waals surface area (Å²) in [4.78, 5) is 14.6. The predicted octanol–water partition coefficient (Wildman–Crippen LogP) is 3.13. The molecule has 146 valence electrons. The van der Waals surface area contributed by atoms with Crippen molar-refractivity contribution in [1.29, 1.82) is 0 Å². The molecule has 1 saturated heterocycles. The van der Waals surface area contributed by atoms with Crippen LogP contribution in [0.1, 0.15) is 55.8 Å². The minimum atomic E-state index is -3.60. The highest BCUT2D eigenvalue weighted by molar-refractivity contribution is 7.89. The Morgan fingerprint density at radius 1 is 1.19 bits per heavy atom. The first-order chi connectivity index (χ1) is 12.4. The quantitative estimate of drug-likeness (QED) is 0.727.